The monoisotopic (exact) mass is 517 g/mol. The van der Waals surface area contributed by atoms with Gasteiger partial charge in [-0.2, -0.15) is 13.2 Å². The molecule has 0 saturated carbocycles. The van der Waals surface area contributed by atoms with E-state index in [1.165, 1.54) is 42.3 Å². The van der Waals surface area contributed by atoms with Crippen molar-refractivity contribution in [2.75, 3.05) is 23.5 Å². The molecule has 6 nitrogen and oxygen atoms in total. The lowest BCUT2D eigenvalue weighted by atomic mass is 10.2. The van der Waals surface area contributed by atoms with Crippen LogP contribution < -0.4 is 15.4 Å². The number of nitrogens with zero attached hydrogens (tertiary/aromatic N) is 1. The Morgan fingerprint density at radius 1 is 1.00 bits per heavy atom. The van der Waals surface area contributed by atoms with E-state index in [-0.39, 0.29) is 17.3 Å². The van der Waals surface area contributed by atoms with Crippen molar-refractivity contribution in [2.24, 2.45) is 0 Å². The van der Waals surface area contributed by atoms with Gasteiger partial charge in [-0.1, -0.05) is 30.0 Å². The number of thiazole rings is 1. The van der Waals surface area contributed by atoms with Crippen LogP contribution in [0.2, 0.25) is 0 Å². The highest BCUT2D eigenvalue weighted by Gasteiger charge is 2.30. The van der Waals surface area contributed by atoms with Gasteiger partial charge in [-0.3, -0.25) is 9.59 Å². The van der Waals surface area contributed by atoms with Crippen LogP contribution in [-0.2, 0) is 11.0 Å². The number of aromatic nitrogens is 1. The fourth-order valence-electron chi connectivity index (χ4n) is 3.17. The van der Waals surface area contributed by atoms with E-state index < -0.39 is 17.6 Å². The maximum atomic E-state index is 12.8. The minimum atomic E-state index is -4.48. The molecule has 180 valence electrons. The molecule has 4 aromatic rings. The molecule has 0 bridgehead atoms. The zero-order valence-electron chi connectivity index (χ0n) is 18.2. The highest BCUT2D eigenvalue weighted by atomic mass is 32.2. The van der Waals surface area contributed by atoms with E-state index in [0.717, 1.165) is 16.8 Å². The summed E-state index contributed by atoms with van der Waals surface area (Å²) < 4.78 is 45.2. The summed E-state index contributed by atoms with van der Waals surface area (Å²) in [7, 11) is 1.49. The predicted molar refractivity (Wildman–Crippen MR) is 131 cm³/mol. The summed E-state index contributed by atoms with van der Waals surface area (Å²) >= 11 is 2.52. The normalized spacial score (nSPS) is 11.3. The molecule has 1 aromatic heterocycles. The molecule has 0 spiro atoms. The Hall–Kier alpha value is -3.57. The van der Waals surface area contributed by atoms with E-state index in [9.17, 15) is 22.8 Å². The number of methoxy groups -OCH3 is 1. The number of carbonyl (C=O) groups is 2. The van der Waals surface area contributed by atoms with Gasteiger partial charge in [0.05, 0.1) is 34.2 Å². The van der Waals surface area contributed by atoms with Crippen molar-refractivity contribution < 1.29 is 27.5 Å². The Labute approximate surface area is 206 Å². The van der Waals surface area contributed by atoms with Gasteiger partial charge < -0.3 is 15.4 Å². The number of hydrogen-bond acceptors (Lipinski definition) is 6. The summed E-state index contributed by atoms with van der Waals surface area (Å²) in [5, 5.41) is 5.31. The molecular formula is C24H18F3N3O3S2. The first-order valence-corrected chi connectivity index (χ1v) is 12.0. The Kier molecular flexibility index (Phi) is 7.27. The first kappa shape index (κ1) is 24.6. The molecule has 0 radical (unpaired) electrons. The molecule has 0 fully saturated rings. The third kappa shape index (κ3) is 6.11. The number of anilines is 2. The van der Waals surface area contributed by atoms with E-state index in [0.29, 0.717) is 26.9 Å². The minimum absolute atomic E-state index is 0.0204. The second-order valence-corrected chi connectivity index (χ2v) is 9.49. The van der Waals surface area contributed by atoms with Crippen LogP contribution in [0.5, 0.6) is 5.75 Å². The van der Waals surface area contributed by atoms with E-state index >= 15 is 0 Å². The number of amides is 2. The molecule has 2 amide bonds. The summed E-state index contributed by atoms with van der Waals surface area (Å²) in [4.78, 5) is 29.3. The van der Waals surface area contributed by atoms with Gasteiger partial charge >= 0.3 is 6.18 Å². The summed E-state index contributed by atoms with van der Waals surface area (Å²) in [5.41, 5.74) is 0.928. The quantitative estimate of drug-likeness (QED) is 0.281. The van der Waals surface area contributed by atoms with Crippen molar-refractivity contribution in [3.05, 3.63) is 77.9 Å². The van der Waals surface area contributed by atoms with Crippen LogP contribution in [0.25, 0.3) is 10.2 Å². The van der Waals surface area contributed by atoms with Crippen LogP contribution in [0.15, 0.2) is 71.1 Å². The summed E-state index contributed by atoms with van der Waals surface area (Å²) in [6.45, 7) is 0. The van der Waals surface area contributed by atoms with Gasteiger partial charge in [0.2, 0.25) is 5.91 Å². The molecule has 0 aliphatic heterocycles. The van der Waals surface area contributed by atoms with E-state index in [1.54, 1.807) is 42.5 Å². The lowest BCUT2D eigenvalue weighted by molar-refractivity contribution is -0.137. The molecule has 35 heavy (non-hydrogen) atoms. The minimum Gasteiger partial charge on any atom is -0.496 e. The van der Waals surface area contributed by atoms with Gasteiger partial charge in [-0.15, -0.1) is 11.3 Å². The number of halogens is 3. The number of fused-ring (bicyclic) bond motifs is 1. The van der Waals surface area contributed by atoms with Crippen molar-refractivity contribution in [1.82, 2.24) is 4.98 Å². The Morgan fingerprint density at radius 2 is 1.77 bits per heavy atom. The smallest absolute Gasteiger partial charge is 0.416 e. The average molecular weight is 518 g/mol. The molecule has 0 aliphatic rings. The van der Waals surface area contributed by atoms with Gasteiger partial charge in [0.1, 0.15) is 5.75 Å². The Balaban J connectivity index is 1.39. The molecule has 0 saturated heterocycles. The number of nitrogens with one attached hydrogen (secondary N) is 2. The van der Waals surface area contributed by atoms with Crippen LogP contribution in [-0.4, -0.2) is 29.7 Å². The highest BCUT2D eigenvalue weighted by Crippen LogP contribution is 2.33. The largest absolute Gasteiger partial charge is 0.496 e. The second kappa shape index (κ2) is 10.4. The fraction of sp³-hybridized carbons (Fsp3) is 0.125. The van der Waals surface area contributed by atoms with E-state index in [2.05, 4.69) is 15.6 Å². The third-order valence-corrected chi connectivity index (χ3v) is 6.94. The summed E-state index contributed by atoms with van der Waals surface area (Å²) in [6.07, 6.45) is -4.48. The van der Waals surface area contributed by atoms with Gasteiger partial charge in [-0.05, 0) is 48.5 Å². The molecule has 0 atom stereocenters. The van der Waals surface area contributed by atoms with Crippen LogP contribution in [0.3, 0.4) is 0 Å². The van der Waals surface area contributed by atoms with Gasteiger partial charge in [0.15, 0.2) is 4.34 Å². The summed E-state index contributed by atoms with van der Waals surface area (Å²) in [5.74, 6) is -0.315. The van der Waals surface area contributed by atoms with Crippen molar-refractivity contribution in [3.63, 3.8) is 0 Å². The maximum absolute atomic E-state index is 12.8. The van der Waals surface area contributed by atoms with Crippen molar-refractivity contribution in [3.8, 4) is 5.75 Å². The zero-order chi connectivity index (χ0) is 25.0. The summed E-state index contributed by atoms with van der Waals surface area (Å²) in [6, 6.07) is 16.6. The number of benzene rings is 3. The number of ether oxygens (including phenoxy) is 1. The maximum Gasteiger partial charge on any atom is 0.416 e. The zero-order valence-corrected chi connectivity index (χ0v) is 19.8. The first-order chi connectivity index (χ1) is 16.7. The lowest BCUT2D eigenvalue weighted by Crippen LogP contribution is -2.14. The number of carbonyl (C=O) groups excluding carboxylic acids is 2. The molecule has 1 heterocycles. The highest BCUT2D eigenvalue weighted by molar-refractivity contribution is 8.01. The molecular weight excluding hydrogens is 499 g/mol. The van der Waals surface area contributed by atoms with Crippen LogP contribution >= 0.6 is 23.1 Å². The van der Waals surface area contributed by atoms with Crippen LogP contribution in [0, 0.1) is 0 Å². The van der Waals surface area contributed by atoms with Crippen molar-refractivity contribution >= 4 is 56.5 Å². The molecule has 11 heteroatoms. The third-order valence-electron chi connectivity index (χ3n) is 4.78. The molecule has 3 aromatic carbocycles. The fourth-order valence-corrected chi connectivity index (χ4v) is 5.08. The number of para-hydroxylation sites is 1. The average Bonchev–Trinajstić information content (AvgIpc) is 3.24. The van der Waals surface area contributed by atoms with Crippen LogP contribution in [0.4, 0.5) is 24.5 Å². The number of alkyl halides is 3. The Bertz CT molecular complexity index is 1390. The van der Waals surface area contributed by atoms with Gasteiger partial charge in [0, 0.05) is 11.4 Å². The van der Waals surface area contributed by atoms with Crippen molar-refractivity contribution in [2.45, 2.75) is 10.5 Å². The Morgan fingerprint density at radius 3 is 2.54 bits per heavy atom. The molecule has 4 rings (SSSR count). The number of rotatable bonds is 7. The predicted octanol–water partition coefficient (Wildman–Crippen LogP) is 6.31. The van der Waals surface area contributed by atoms with Crippen LogP contribution in [0.1, 0.15) is 15.9 Å². The SMILES string of the molecule is COc1ccccc1C(=O)Nc1ccc2nc(SCC(=O)Nc3cccc(C(F)(F)F)c3)sc2c1. The second-order valence-electron chi connectivity index (χ2n) is 7.23. The first-order valence-electron chi connectivity index (χ1n) is 10.2. The van der Waals surface area contributed by atoms with Gasteiger partial charge in [0.25, 0.3) is 5.91 Å². The molecule has 2 N–H and O–H groups in total. The van der Waals surface area contributed by atoms with E-state index in [4.69, 9.17) is 4.74 Å². The topological polar surface area (TPSA) is 80.3 Å². The van der Waals surface area contributed by atoms with E-state index in [1.807, 2.05) is 0 Å². The molecule has 0 aliphatic carbocycles. The molecule has 0 unspecified atom stereocenters. The number of thioether (sulfide) groups is 1. The van der Waals surface area contributed by atoms with Gasteiger partial charge in [-0.25, -0.2) is 4.98 Å². The van der Waals surface area contributed by atoms with Crippen molar-refractivity contribution in [1.29, 1.82) is 0 Å². The number of hydrogen-bond donors (Lipinski definition) is 2. The standard InChI is InChI=1S/C24H18F3N3O3S2/c1-33-19-8-3-2-7-17(19)22(32)29-16-9-10-18-20(12-16)35-23(30-18)34-13-21(31)28-15-6-4-5-14(11-15)24(25,26)27/h2-12H,13H2,1H3,(H,28,31)(H,29,32). The lowest BCUT2D eigenvalue weighted by Gasteiger charge is -2.09.